The van der Waals surface area contributed by atoms with Gasteiger partial charge in [0.05, 0.1) is 17.6 Å². The van der Waals surface area contributed by atoms with Crippen LogP contribution in [0.3, 0.4) is 0 Å². The number of carbonyl (C=O) groups is 2. The molecule has 0 radical (unpaired) electrons. The van der Waals surface area contributed by atoms with Gasteiger partial charge in [0.1, 0.15) is 11.8 Å². The number of carboxylic acid groups (broad SMARTS) is 1. The lowest BCUT2D eigenvalue weighted by molar-refractivity contribution is -0.140. The second-order valence-electron chi connectivity index (χ2n) is 4.73. The van der Waals surface area contributed by atoms with Crippen LogP contribution in [0.25, 0.3) is 0 Å². The van der Waals surface area contributed by atoms with Crippen LogP contribution in [0.15, 0.2) is 4.52 Å². The minimum absolute atomic E-state index is 0.284. The average molecular weight is 299 g/mol. The average Bonchev–Trinajstić information content (AvgIpc) is 2.96. The zero-order chi connectivity index (χ0) is 14.9. The molecule has 1 fully saturated rings. The molecule has 1 saturated heterocycles. The Hall–Kier alpha value is -1.70. The van der Waals surface area contributed by atoms with Crippen molar-refractivity contribution in [2.45, 2.75) is 32.9 Å². The van der Waals surface area contributed by atoms with Crippen LogP contribution in [0.5, 0.6) is 0 Å². The summed E-state index contributed by atoms with van der Waals surface area (Å²) in [5, 5.41) is 15.7. The number of aliphatic carboxylic acids is 1. The molecule has 2 N–H and O–H groups in total. The summed E-state index contributed by atoms with van der Waals surface area (Å²) in [6, 6.07) is -1.43. The van der Waals surface area contributed by atoms with Gasteiger partial charge in [0.2, 0.25) is 0 Å². The maximum atomic E-state index is 12.2. The Labute approximate surface area is 120 Å². The van der Waals surface area contributed by atoms with Crippen LogP contribution in [-0.4, -0.2) is 44.8 Å². The van der Waals surface area contributed by atoms with E-state index in [1.807, 2.05) is 6.92 Å². The summed E-state index contributed by atoms with van der Waals surface area (Å²) in [6.07, 6.45) is 0. The second kappa shape index (κ2) is 5.74. The molecule has 1 aromatic heterocycles. The molecule has 1 aliphatic heterocycles. The standard InChI is InChI=1S/C12H17N3O4S/c1-6(10-7(2)14-19-8(10)3)13-12(18)15-5-20-4-9(15)11(16)17/h6,9H,4-5H2,1-3H3,(H,13,18)(H,16,17). The highest BCUT2D eigenvalue weighted by Gasteiger charge is 2.35. The molecule has 2 atom stereocenters. The Morgan fingerprint density at radius 3 is 2.80 bits per heavy atom. The fraction of sp³-hybridized carbons (Fsp3) is 0.583. The van der Waals surface area contributed by atoms with Crippen LogP contribution in [-0.2, 0) is 4.79 Å². The molecule has 0 bridgehead atoms. The summed E-state index contributed by atoms with van der Waals surface area (Å²) >= 11 is 1.43. The first kappa shape index (κ1) is 14.7. The monoisotopic (exact) mass is 299 g/mol. The highest BCUT2D eigenvalue weighted by Crippen LogP contribution is 2.24. The van der Waals surface area contributed by atoms with E-state index >= 15 is 0 Å². The van der Waals surface area contributed by atoms with E-state index < -0.39 is 12.0 Å². The molecule has 2 amide bonds. The van der Waals surface area contributed by atoms with E-state index in [0.717, 1.165) is 11.3 Å². The quantitative estimate of drug-likeness (QED) is 0.878. The number of rotatable bonds is 3. The van der Waals surface area contributed by atoms with Crippen molar-refractivity contribution in [1.29, 1.82) is 0 Å². The predicted molar refractivity (Wildman–Crippen MR) is 73.5 cm³/mol. The number of nitrogens with one attached hydrogen (secondary N) is 1. The number of carboxylic acids is 1. The Morgan fingerprint density at radius 1 is 1.55 bits per heavy atom. The predicted octanol–water partition coefficient (Wildman–Crippen LogP) is 1.52. The van der Waals surface area contributed by atoms with Gasteiger partial charge in [-0.05, 0) is 20.8 Å². The van der Waals surface area contributed by atoms with Crippen molar-refractivity contribution in [3.8, 4) is 0 Å². The molecular weight excluding hydrogens is 282 g/mol. The number of hydrogen-bond donors (Lipinski definition) is 2. The maximum absolute atomic E-state index is 12.2. The van der Waals surface area contributed by atoms with Crippen molar-refractivity contribution in [3.63, 3.8) is 0 Å². The largest absolute Gasteiger partial charge is 0.480 e. The summed E-state index contributed by atoms with van der Waals surface area (Å²) in [5.41, 5.74) is 1.55. The molecule has 110 valence electrons. The lowest BCUT2D eigenvalue weighted by Crippen LogP contribution is -2.47. The molecule has 1 aliphatic rings. The number of amides is 2. The molecule has 8 heteroatoms. The van der Waals surface area contributed by atoms with E-state index in [4.69, 9.17) is 9.63 Å². The first-order valence-electron chi connectivity index (χ1n) is 6.22. The molecular formula is C12H17N3O4S. The fourth-order valence-corrected chi connectivity index (χ4v) is 3.44. The number of nitrogens with zero attached hydrogens (tertiary/aromatic N) is 2. The summed E-state index contributed by atoms with van der Waals surface area (Å²) in [4.78, 5) is 24.6. The minimum atomic E-state index is -0.977. The van der Waals surface area contributed by atoms with E-state index in [1.54, 1.807) is 13.8 Å². The summed E-state index contributed by atoms with van der Waals surface area (Å²) < 4.78 is 5.07. The first-order chi connectivity index (χ1) is 9.41. The van der Waals surface area contributed by atoms with Gasteiger partial charge < -0.3 is 19.8 Å². The highest BCUT2D eigenvalue weighted by atomic mass is 32.2. The summed E-state index contributed by atoms with van der Waals surface area (Å²) in [6.45, 7) is 5.41. The SMILES string of the molecule is Cc1noc(C)c1C(C)NC(=O)N1CSCC1C(=O)O. The smallest absolute Gasteiger partial charge is 0.327 e. The van der Waals surface area contributed by atoms with Gasteiger partial charge in [-0.2, -0.15) is 0 Å². The zero-order valence-electron chi connectivity index (χ0n) is 11.5. The lowest BCUT2D eigenvalue weighted by atomic mass is 10.1. The minimum Gasteiger partial charge on any atom is -0.480 e. The number of thioether (sulfide) groups is 1. The van der Waals surface area contributed by atoms with Crippen LogP contribution in [0.2, 0.25) is 0 Å². The number of urea groups is 1. The van der Waals surface area contributed by atoms with Crippen LogP contribution in [0.1, 0.15) is 30.0 Å². The second-order valence-corrected chi connectivity index (χ2v) is 5.73. The first-order valence-corrected chi connectivity index (χ1v) is 7.37. The van der Waals surface area contributed by atoms with Crippen molar-refractivity contribution in [1.82, 2.24) is 15.4 Å². The van der Waals surface area contributed by atoms with Crippen molar-refractivity contribution >= 4 is 23.8 Å². The zero-order valence-corrected chi connectivity index (χ0v) is 12.4. The van der Waals surface area contributed by atoms with E-state index in [1.165, 1.54) is 16.7 Å². The Balaban J connectivity index is 2.06. The van der Waals surface area contributed by atoms with Crippen molar-refractivity contribution in [2.24, 2.45) is 0 Å². The van der Waals surface area contributed by atoms with Crippen molar-refractivity contribution in [3.05, 3.63) is 17.0 Å². The van der Waals surface area contributed by atoms with Gasteiger partial charge in [-0.1, -0.05) is 5.16 Å². The van der Waals surface area contributed by atoms with Crippen LogP contribution >= 0.6 is 11.8 Å². The Morgan fingerprint density at radius 2 is 2.25 bits per heavy atom. The van der Waals surface area contributed by atoms with Crippen LogP contribution in [0.4, 0.5) is 4.79 Å². The Bertz CT molecular complexity index is 511. The fourth-order valence-electron chi connectivity index (χ4n) is 2.30. The molecule has 2 heterocycles. The summed E-state index contributed by atoms with van der Waals surface area (Å²) in [7, 11) is 0. The van der Waals surface area contributed by atoms with Gasteiger partial charge in [-0.25, -0.2) is 9.59 Å². The van der Waals surface area contributed by atoms with Gasteiger partial charge in [0, 0.05) is 11.3 Å². The molecule has 0 spiro atoms. The molecule has 0 aliphatic carbocycles. The van der Waals surface area contributed by atoms with Gasteiger partial charge in [0.25, 0.3) is 0 Å². The Kier molecular flexibility index (Phi) is 4.22. The molecule has 20 heavy (non-hydrogen) atoms. The van der Waals surface area contributed by atoms with Crippen molar-refractivity contribution in [2.75, 3.05) is 11.6 Å². The lowest BCUT2D eigenvalue weighted by Gasteiger charge is -2.23. The molecule has 0 saturated carbocycles. The molecule has 0 aromatic carbocycles. The van der Waals surface area contributed by atoms with Crippen molar-refractivity contribution < 1.29 is 19.2 Å². The van der Waals surface area contributed by atoms with Gasteiger partial charge >= 0.3 is 12.0 Å². The normalized spacial score (nSPS) is 19.9. The van der Waals surface area contributed by atoms with Gasteiger partial charge in [-0.3, -0.25) is 0 Å². The number of hydrogen-bond acceptors (Lipinski definition) is 5. The molecule has 2 rings (SSSR count). The molecule has 7 nitrogen and oxygen atoms in total. The van der Waals surface area contributed by atoms with Crippen LogP contribution in [0, 0.1) is 13.8 Å². The number of aromatic nitrogens is 1. The number of aryl methyl sites for hydroxylation is 2. The van der Waals surface area contributed by atoms with E-state index in [9.17, 15) is 9.59 Å². The molecule has 2 unspecified atom stereocenters. The third-order valence-electron chi connectivity index (χ3n) is 3.29. The highest BCUT2D eigenvalue weighted by molar-refractivity contribution is 7.99. The van der Waals surface area contributed by atoms with E-state index in [2.05, 4.69) is 10.5 Å². The van der Waals surface area contributed by atoms with E-state index in [0.29, 0.717) is 17.4 Å². The summed E-state index contributed by atoms with van der Waals surface area (Å²) in [5.74, 6) is 0.482. The van der Waals surface area contributed by atoms with E-state index in [-0.39, 0.29) is 12.1 Å². The third kappa shape index (κ3) is 2.74. The third-order valence-corrected chi connectivity index (χ3v) is 4.30. The van der Waals surface area contributed by atoms with Crippen LogP contribution < -0.4 is 5.32 Å². The maximum Gasteiger partial charge on any atom is 0.327 e. The molecule has 1 aromatic rings. The van der Waals surface area contributed by atoms with Gasteiger partial charge in [-0.15, -0.1) is 11.8 Å². The number of carbonyl (C=O) groups excluding carboxylic acids is 1. The van der Waals surface area contributed by atoms with Gasteiger partial charge in [0.15, 0.2) is 0 Å². The topological polar surface area (TPSA) is 95.7 Å².